The van der Waals surface area contributed by atoms with Crippen LogP contribution < -0.4 is 10.2 Å². The van der Waals surface area contributed by atoms with Crippen LogP contribution in [0.25, 0.3) is 0 Å². The Balaban J connectivity index is 0.00000161. The fourth-order valence-electron chi connectivity index (χ4n) is 2.71. The molecule has 114 valence electrons. The van der Waals surface area contributed by atoms with E-state index in [1.165, 1.54) is 24.3 Å². The van der Waals surface area contributed by atoms with Gasteiger partial charge in [0.25, 0.3) is 5.91 Å². The average Bonchev–Trinajstić information content (AvgIpc) is 3.02. The molecule has 7 heteroatoms. The van der Waals surface area contributed by atoms with E-state index >= 15 is 0 Å². The highest BCUT2D eigenvalue weighted by Gasteiger charge is 2.39. The van der Waals surface area contributed by atoms with E-state index in [4.69, 9.17) is 0 Å². The monoisotopic (exact) mass is 313 g/mol. The third-order valence-electron chi connectivity index (χ3n) is 3.74. The van der Waals surface area contributed by atoms with Crippen LogP contribution in [0.15, 0.2) is 24.3 Å². The van der Waals surface area contributed by atoms with Gasteiger partial charge in [-0.05, 0) is 50.2 Å². The van der Waals surface area contributed by atoms with E-state index in [0.717, 1.165) is 30.8 Å². The fourth-order valence-corrected chi connectivity index (χ4v) is 2.71. The predicted molar refractivity (Wildman–Crippen MR) is 79.1 cm³/mol. The van der Waals surface area contributed by atoms with Crippen LogP contribution in [0.5, 0.6) is 0 Å². The Hall–Kier alpha value is -1.66. The molecule has 3 amide bonds. The first-order valence-electron chi connectivity index (χ1n) is 6.77. The lowest BCUT2D eigenvalue weighted by atomic mass is 10.2. The van der Waals surface area contributed by atoms with Crippen LogP contribution in [-0.4, -0.2) is 42.5 Å². The summed E-state index contributed by atoms with van der Waals surface area (Å²) in [6.07, 6.45) is 2.27. The van der Waals surface area contributed by atoms with Gasteiger partial charge >= 0.3 is 6.03 Å². The third-order valence-corrected chi connectivity index (χ3v) is 3.74. The number of rotatable bonds is 3. The van der Waals surface area contributed by atoms with Gasteiger partial charge in [0.15, 0.2) is 0 Å². The highest BCUT2D eigenvalue weighted by atomic mass is 35.5. The van der Waals surface area contributed by atoms with Gasteiger partial charge in [0.1, 0.15) is 11.9 Å². The van der Waals surface area contributed by atoms with Crippen LogP contribution in [-0.2, 0) is 4.79 Å². The highest BCUT2D eigenvalue weighted by molar-refractivity contribution is 6.21. The Labute approximate surface area is 128 Å². The second kappa shape index (κ2) is 6.41. The van der Waals surface area contributed by atoms with Crippen molar-refractivity contribution in [3.63, 3.8) is 0 Å². The van der Waals surface area contributed by atoms with Gasteiger partial charge in [0.2, 0.25) is 0 Å². The number of nitrogens with zero attached hydrogens (tertiary/aromatic N) is 2. The summed E-state index contributed by atoms with van der Waals surface area (Å²) in [6.45, 7) is 2.48. The van der Waals surface area contributed by atoms with Crippen molar-refractivity contribution >= 4 is 30.0 Å². The highest BCUT2D eigenvalue weighted by Crippen LogP contribution is 2.21. The first kappa shape index (κ1) is 15.7. The zero-order valence-corrected chi connectivity index (χ0v) is 12.2. The summed E-state index contributed by atoms with van der Waals surface area (Å²) >= 11 is 0. The second-order valence-corrected chi connectivity index (χ2v) is 5.16. The van der Waals surface area contributed by atoms with Crippen molar-refractivity contribution in [3.8, 4) is 0 Å². The molecular formula is C14H17ClFN3O2. The van der Waals surface area contributed by atoms with E-state index in [2.05, 4.69) is 10.2 Å². The molecular weight excluding hydrogens is 297 g/mol. The van der Waals surface area contributed by atoms with Gasteiger partial charge in [-0.3, -0.25) is 4.79 Å². The normalized spacial score (nSPS) is 22.3. The predicted octanol–water partition coefficient (Wildman–Crippen LogP) is 1.77. The van der Waals surface area contributed by atoms with Crippen LogP contribution in [0.1, 0.15) is 12.8 Å². The van der Waals surface area contributed by atoms with Crippen LogP contribution in [0.2, 0.25) is 0 Å². The maximum atomic E-state index is 12.9. The van der Waals surface area contributed by atoms with Crippen molar-refractivity contribution in [2.75, 3.05) is 24.5 Å². The molecule has 1 aromatic rings. The first-order chi connectivity index (χ1) is 9.65. The average molecular weight is 314 g/mol. The number of urea groups is 1. The largest absolute Gasteiger partial charge is 0.329 e. The first-order valence-corrected chi connectivity index (χ1v) is 6.77. The van der Waals surface area contributed by atoms with Gasteiger partial charge in [-0.2, -0.15) is 0 Å². The summed E-state index contributed by atoms with van der Waals surface area (Å²) in [6, 6.07) is 4.40. The maximum Gasteiger partial charge on any atom is 0.329 e. The summed E-state index contributed by atoms with van der Waals surface area (Å²) in [5.41, 5.74) is 0.401. The van der Waals surface area contributed by atoms with Gasteiger partial charge in [0, 0.05) is 6.54 Å². The van der Waals surface area contributed by atoms with Crippen molar-refractivity contribution in [2.24, 2.45) is 0 Å². The molecule has 5 nitrogen and oxygen atoms in total. The van der Waals surface area contributed by atoms with Crippen molar-refractivity contribution in [3.05, 3.63) is 30.1 Å². The van der Waals surface area contributed by atoms with Crippen LogP contribution in [0.3, 0.4) is 0 Å². The molecule has 0 saturated carbocycles. The molecule has 1 unspecified atom stereocenters. The number of amides is 3. The number of benzene rings is 1. The molecule has 2 aliphatic rings. The molecule has 2 aliphatic heterocycles. The van der Waals surface area contributed by atoms with Crippen molar-refractivity contribution in [1.82, 2.24) is 10.2 Å². The summed E-state index contributed by atoms with van der Waals surface area (Å²) in [5, 5.41) is 2.70. The molecule has 2 saturated heterocycles. The number of nitrogens with one attached hydrogen (secondary N) is 1. The molecule has 1 aromatic carbocycles. The second-order valence-electron chi connectivity index (χ2n) is 5.16. The van der Waals surface area contributed by atoms with Crippen LogP contribution in [0, 0.1) is 5.82 Å². The van der Waals surface area contributed by atoms with Crippen LogP contribution in [0.4, 0.5) is 14.9 Å². The number of halogens is 2. The Morgan fingerprint density at radius 1 is 1.14 bits per heavy atom. The van der Waals surface area contributed by atoms with E-state index in [9.17, 15) is 14.0 Å². The van der Waals surface area contributed by atoms with Gasteiger partial charge < -0.3 is 10.2 Å². The molecule has 1 N–H and O–H groups in total. The number of likely N-dealkylation sites (tertiary alicyclic amines) is 1. The minimum absolute atomic E-state index is 0. The molecule has 0 bridgehead atoms. The molecule has 0 radical (unpaired) electrons. The topological polar surface area (TPSA) is 52.7 Å². The zero-order valence-electron chi connectivity index (χ0n) is 11.4. The molecule has 21 heavy (non-hydrogen) atoms. The molecule has 0 spiro atoms. The lowest BCUT2D eigenvalue weighted by molar-refractivity contribution is -0.118. The van der Waals surface area contributed by atoms with E-state index in [1.807, 2.05) is 0 Å². The molecule has 1 atom stereocenters. The Bertz CT molecular complexity index is 532. The Morgan fingerprint density at radius 2 is 1.76 bits per heavy atom. The van der Waals surface area contributed by atoms with Crippen LogP contribution >= 0.6 is 12.4 Å². The van der Waals surface area contributed by atoms with Gasteiger partial charge in [-0.15, -0.1) is 12.4 Å². The maximum absolute atomic E-state index is 12.9. The van der Waals surface area contributed by atoms with Crippen molar-refractivity contribution < 1.29 is 14.0 Å². The lowest BCUT2D eigenvalue weighted by Gasteiger charge is -2.18. The smallest absolute Gasteiger partial charge is 0.324 e. The Morgan fingerprint density at radius 3 is 2.38 bits per heavy atom. The van der Waals surface area contributed by atoms with E-state index in [1.54, 1.807) is 0 Å². The number of carbonyl (C=O) groups is 2. The minimum Gasteiger partial charge on any atom is -0.324 e. The molecule has 0 aromatic heterocycles. The fraction of sp³-hybridized carbons (Fsp3) is 0.429. The van der Waals surface area contributed by atoms with E-state index in [-0.39, 0.29) is 18.3 Å². The van der Waals surface area contributed by atoms with Crippen molar-refractivity contribution in [2.45, 2.75) is 18.9 Å². The van der Waals surface area contributed by atoms with Gasteiger partial charge in [-0.25, -0.2) is 14.1 Å². The Kier molecular flexibility index (Phi) is 4.80. The molecule has 2 fully saturated rings. The molecule has 0 aliphatic carbocycles. The number of carbonyl (C=O) groups excluding carboxylic acids is 2. The number of hydrogen-bond donors (Lipinski definition) is 1. The number of imide groups is 1. The third kappa shape index (κ3) is 3.16. The standard InChI is InChI=1S/C14H16FN3O2.ClH/c15-10-3-5-11(6-4-10)18-13(19)12(16-14(18)20)9-17-7-1-2-8-17;/h3-6,12H,1-2,7-9H2,(H,16,20);1H. The zero-order chi connectivity index (χ0) is 14.1. The van der Waals surface area contributed by atoms with E-state index in [0.29, 0.717) is 12.2 Å². The van der Waals surface area contributed by atoms with Gasteiger partial charge in [-0.1, -0.05) is 0 Å². The minimum atomic E-state index is -0.509. The summed E-state index contributed by atoms with van der Waals surface area (Å²) < 4.78 is 12.9. The summed E-state index contributed by atoms with van der Waals surface area (Å²) in [5.74, 6) is -0.664. The molecule has 3 rings (SSSR count). The van der Waals surface area contributed by atoms with E-state index < -0.39 is 17.9 Å². The number of hydrogen-bond acceptors (Lipinski definition) is 3. The van der Waals surface area contributed by atoms with Gasteiger partial charge in [0.05, 0.1) is 5.69 Å². The SMILES string of the molecule is Cl.O=C1NC(CN2CCCC2)C(=O)N1c1ccc(F)cc1. The quantitative estimate of drug-likeness (QED) is 0.865. The lowest BCUT2D eigenvalue weighted by Crippen LogP contribution is -2.41. The summed E-state index contributed by atoms with van der Waals surface area (Å²) in [4.78, 5) is 27.5. The summed E-state index contributed by atoms with van der Waals surface area (Å²) in [7, 11) is 0. The molecule has 2 heterocycles. The van der Waals surface area contributed by atoms with Crippen molar-refractivity contribution in [1.29, 1.82) is 0 Å². The number of anilines is 1.